The summed E-state index contributed by atoms with van der Waals surface area (Å²) in [7, 11) is -3.39. The summed E-state index contributed by atoms with van der Waals surface area (Å²) >= 11 is 0. The molecule has 0 aliphatic heterocycles. The topological polar surface area (TPSA) is 147 Å². The summed E-state index contributed by atoms with van der Waals surface area (Å²) in [6.45, 7) is -0.177. The molecule has 0 aliphatic rings. The van der Waals surface area contributed by atoms with Crippen molar-refractivity contribution in [3.05, 3.63) is 102 Å². The van der Waals surface area contributed by atoms with Crippen LogP contribution in [0.5, 0.6) is 11.6 Å². The smallest absolute Gasteiger partial charge is 0.469 e. The third-order valence-corrected chi connectivity index (χ3v) is 7.20. The molecule has 0 fully saturated rings. The van der Waals surface area contributed by atoms with E-state index in [9.17, 15) is 14.4 Å². The van der Waals surface area contributed by atoms with Crippen LogP contribution in [0.4, 0.5) is 0 Å². The molecular weight excluding hydrogens is 572 g/mol. The van der Waals surface area contributed by atoms with E-state index in [1.54, 1.807) is 35.1 Å². The van der Waals surface area contributed by atoms with Crippen molar-refractivity contribution >= 4 is 22.1 Å². The summed E-state index contributed by atoms with van der Waals surface area (Å²) in [5.74, 6) is 1.10. The Morgan fingerprint density at radius 1 is 0.951 bits per heavy atom. The first-order valence-corrected chi connectivity index (χ1v) is 14.9. The monoisotopic (exact) mass is 599 g/mol. The maximum absolute atomic E-state index is 11.4. The highest BCUT2D eigenvalue weighted by atomic mass is 31.2. The van der Waals surface area contributed by atoms with Crippen molar-refractivity contribution in [1.29, 1.82) is 0 Å². The van der Waals surface area contributed by atoms with Gasteiger partial charge >= 0.3 is 16.4 Å². The van der Waals surface area contributed by atoms with Gasteiger partial charge in [0, 0.05) is 32.4 Å². The summed E-state index contributed by atoms with van der Waals surface area (Å²) in [4.78, 5) is 28.4. The predicted octanol–water partition coefficient (Wildman–Crippen LogP) is 5.52. The molecule has 5 rings (SSSR count). The second-order valence-electron chi connectivity index (χ2n) is 8.64. The Hall–Kier alpha value is -3.60. The van der Waals surface area contributed by atoms with Gasteiger partial charge in [0.25, 0.3) is 0 Å². The van der Waals surface area contributed by atoms with Gasteiger partial charge in [-0.2, -0.15) is 0 Å². The minimum absolute atomic E-state index is 0.00356. The van der Waals surface area contributed by atoms with Crippen molar-refractivity contribution in [2.24, 2.45) is 0 Å². The molecule has 14 heteroatoms. The van der Waals surface area contributed by atoms with Gasteiger partial charge in [-0.25, -0.2) is 14.5 Å². The average Bonchev–Trinajstić information content (AvgIpc) is 3.59. The molecule has 214 valence electrons. The first kappa shape index (κ1) is 28.9. The molecular formula is C27H27N3O9P2. The van der Waals surface area contributed by atoms with Crippen LogP contribution in [-0.2, 0) is 31.0 Å². The van der Waals surface area contributed by atoms with Gasteiger partial charge in [0.05, 0.1) is 24.1 Å². The van der Waals surface area contributed by atoms with E-state index in [1.165, 1.54) is 26.4 Å². The molecule has 0 radical (unpaired) electrons. The third-order valence-electron chi connectivity index (χ3n) is 5.84. The van der Waals surface area contributed by atoms with Crippen molar-refractivity contribution in [3.63, 3.8) is 0 Å². The molecule has 41 heavy (non-hydrogen) atoms. The fourth-order valence-electron chi connectivity index (χ4n) is 4.18. The van der Waals surface area contributed by atoms with Crippen LogP contribution in [-0.4, -0.2) is 45.2 Å². The summed E-state index contributed by atoms with van der Waals surface area (Å²) in [6.07, 6.45) is 4.14. The summed E-state index contributed by atoms with van der Waals surface area (Å²) in [6, 6.07) is 19.8. The highest BCUT2D eigenvalue weighted by Gasteiger charge is 2.22. The van der Waals surface area contributed by atoms with Crippen molar-refractivity contribution in [1.82, 2.24) is 14.4 Å². The Morgan fingerprint density at radius 3 is 2.46 bits per heavy atom. The minimum atomic E-state index is -4.75. The highest BCUT2D eigenvalue weighted by Crippen LogP contribution is 2.39. The fraction of sp³-hybridized carbons (Fsp3) is 0.185. The number of imidazole rings is 1. The second-order valence-corrected chi connectivity index (χ2v) is 11.2. The Balaban J connectivity index is 1.63. The molecule has 0 saturated carbocycles. The predicted molar refractivity (Wildman–Crippen MR) is 149 cm³/mol. The fourth-order valence-corrected chi connectivity index (χ4v) is 5.07. The van der Waals surface area contributed by atoms with E-state index in [4.69, 9.17) is 37.2 Å². The van der Waals surface area contributed by atoms with Crippen LogP contribution in [0.15, 0.2) is 83.6 Å². The average molecular weight is 599 g/mol. The van der Waals surface area contributed by atoms with Gasteiger partial charge in [0.2, 0.25) is 5.88 Å². The highest BCUT2D eigenvalue weighted by molar-refractivity contribution is 7.46. The molecule has 3 aromatic heterocycles. The van der Waals surface area contributed by atoms with Gasteiger partial charge in [0.1, 0.15) is 17.2 Å². The van der Waals surface area contributed by atoms with Crippen LogP contribution >= 0.6 is 16.4 Å². The molecule has 2 aromatic carbocycles. The molecule has 0 atom stereocenters. The number of aromatic nitrogens is 3. The number of hydrogen-bond donors (Lipinski definition) is 2. The Bertz CT molecular complexity index is 1640. The van der Waals surface area contributed by atoms with E-state index in [1.807, 2.05) is 36.4 Å². The van der Waals surface area contributed by atoms with E-state index in [-0.39, 0.29) is 12.5 Å². The van der Waals surface area contributed by atoms with E-state index in [0.29, 0.717) is 52.8 Å². The lowest BCUT2D eigenvalue weighted by molar-refractivity contribution is 0.0869. The van der Waals surface area contributed by atoms with Crippen molar-refractivity contribution < 1.29 is 41.6 Å². The minimum Gasteiger partial charge on any atom is -0.469 e. The number of phosphoric ester groups is 1. The molecule has 0 spiro atoms. The van der Waals surface area contributed by atoms with Gasteiger partial charge in [-0.3, -0.25) is 18.7 Å². The standard InChI is InChI=1S/C27H27N3O9P2/c1-34-40(35-2)38-18-37-27-24(16-21-12-7-13-36-21)29-26-23(14-19-8-4-3-5-9-19)28-25(17-30(26)27)20-10-6-11-22(15-20)39-41(31,32)33/h3-13,15,17H,14,16,18H2,1-2H3,(H2,31,32,33). The van der Waals surface area contributed by atoms with Crippen LogP contribution in [0.3, 0.4) is 0 Å². The number of phosphoric acid groups is 1. The van der Waals surface area contributed by atoms with Crippen LogP contribution in [0, 0.1) is 0 Å². The van der Waals surface area contributed by atoms with Crippen molar-refractivity contribution in [2.75, 3.05) is 21.0 Å². The molecule has 0 aliphatic carbocycles. The van der Waals surface area contributed by atoms with E-state index in [2.05, 4.69) is 0 Å². The molecule has 0 bridgehead atoms. The molecule has 0 amide bonds. The summed E-state index contributed by atoms with van der Waals surface area (Å²) < 4.78 is 45.6. The lowest BCUT2D eigenvalue weighted by Crippen LogP contribution is -2.06. The normalized spacial score (nSPS) is 11.8. The lowest BCUT2D eigenvalue weighted by Gasteiger charge is -2.14. The SMILES string of the molecule is COP(OC)OCOc1c(Cc2ccco2)nc2c(Cc3ccccc3)nc(-c3cccc(OP(=O)(O)O)c3)cn12. The first-order chi connectivity index (χ1) is 19.8. The number of hydrogen-bond acceptors (Lipinski definition) is 9. The zero-order chi connectivity index (χ0) is 28.8. The van der Waals surface area contributed by atoms with Gasteiger partial charge in [-0.15, -0.1) is 0 Å². The molecule has 2 N–H and O–H groups in total. The van der Waals surface area contributed by atoms with Gasteiger partial charge in [0.15, 0.2) is 12.4 Å². The van der Waals surface area contributed by atoms with Crippen LogP contribution < -0.4 is 9.26 Å². The zero-order valence-electron chi connectivity index (χ0n) is 22.1. The number of furan rings is 1. The van der Waals surface area contributed by atoms with Crippen LogP contribution in [0.25, 0.3) is 16.9 Å². The number of rotatable bonds is 13. The number of fused-ring (bicyclic) bond motifs is 1. The zero-order valence-corrected chi connectivity index (χ0v) is 23.9. The van der Waals surface area contributed by atoms with E-state index < -0.39 is 16.4 Å². The van der Waals surface area contributed by atoms with Crippen molar-refractivity contribution in [2.45, 2.75) is 12.8 Å². The second kappa shape index (κ2) is 12.9. The van der Waals surface area contributed by atoms with Gasteiger partial charge in [-0.05, 0) is 29.8 Å². The van der Waals surface area contributed by atoms with Crippen LogP contribution in [0.2, 0.25) is 0 Å². The quantitative estimate of drug-likeness (QED) is 0.130. The number of ether oxygens (including phenoxy) is 1. The summed E-state index contributed by atoms with van der Waals surface area (Å²) in [5.41, 5.74) is 3.90. The molecule has 3 heterocycles. The number of nitrogens with zero attached hydrogens (tertiary/aromatic N) is 3. The Morgan fingerprint density at radius 2 is 1.76 bits per heavy atom. The number of benzene rings is 2. The van der Waals surface area contributed by atoms with Gasteiger partial charge in [-0.1, -0.05) is 42.5 Å². The lowest BCUT2D eigenvalue weighted by atomic mass is 10.1. The van der Waals surface area contributed by atoms with E-state index in [0.717, 1.165) is 5.56 Å². The maximum atomic E-state index is 11.4. The molecule has 5 aromatic rings. The molecule has 12 nitrogen and oxygen atoms in total. The largest absolute Gasteiger partial charge is 0.524 e. The Kier molecular flexibility index (Phi) is 9.12. The Labute approximate surface area is 236 Å². The molecule has 0 saturated heterocycles. The van der Waals surface area contributed by atoms with Gasteiger partial charge < -0.3 is 22.7 Å². The maximum Gasteiger partial charge on any atom is 0.524 e. The third kappa shape index (κ3) is 7.38. The summed E-state index contributed by atoms with van der Waals surface area (Å²) in [5, 5.41) is 0. The first-order valence-electron chi connectivity index (χ1n) is 12.3. The van der Waals surface area contributed by atoms with Crippen LogP contribution in [0.1, 0.15) is 22.7 Å². The van der Waals surface area contributed by atoms with E-state index >= 15 is 0 Å². The molecule has 0 unspecified atom stereocenters. The van der Waals surface area contributed by atoms with Crippen molar-refractivity contribution in [3.8, 4) is 22.9 Å².